The molecule has 1 aliphatic rings. The fraction of sp³-hybridized carbons (Fsp3) is 0.235. The Hall–Kier alpha value is -3.76. The van der Waals surface area contributed by atoms with E-state index in [-0.39, 0.29) is 36.4 Å². The summed E-state index contributed by atoms with van der Waals surface area (Å²) in [7, 11) is -3.59. The molecule has 0 aliphatic heterocycles. The van der Waals surface area contributed by atoms with Gasteiger partial charge in [-0.25, -0.2) is 17.5 Å². The third kappa shape index (κ3) is 8.92. The number of nitrogens with one attached hydrogen (secondary N) is 2. The zero-order valence-electron chi connectivity index (χ0n) is 24.3. The van der Waals surface area contributed by atoms with Crippen LogP contribution in [-0.2, 0) is 39.1 Å². The Morgan fingerprint density at radius 1 is 0.889 bits per heavy atom. The number of halogens is 3. The first kappa shape index (κ1) is 32.6. The van der Waals surface area contributed by atoms with Crippen molar-refractivity contribution in [1.82, 2.24) is 14.9 Å². The molecule has 1 atom stereocenters. The summed E-state index contributed by atoms with van der Waals surface area (Å²) in [6, 6.07) is 25.2. The van der Waals surface area contributed by atoms with E-state index >= 15 is 0 Å². The molecule has 0 heterocycles. The minimum atomic E-state index is -3.59. The third-order valence-electron chi connectivity index (χ3n) is 7.49. The van der Waals surface area contributed by atoms with Crippen molar-refractivity contribution >= 4 is 45.0 Å². The predicted octanol–water partition coefficient (Wildman–Crippen LogP) is 6.59. The van der Waals surface area contributed by atoms with Crippen LogP contribution in [0.1, 0.15) is 47.6 Å². The number of nitrogens with zero attached hydrogens (tertiary/aromatic N) is 1. The van der Waals surface area contributed by atoms with Gasteiger partial charge in [-0.1, -0.05) is 83.9 Å². The van der Waals surface area contributed by atoms with E-state index in [0.29, 0.717) is 33.2 Å². The fourth-order valence-corrected chi connectivity index (χ4v) is 6.66. The van der Waals surface area contributed by atoms with Crippen molar-refractivity contribution in [2.45, 2.75) is 55.8 Å². The van der Waals surface area contributed by atoms with Crippen molar-refractivity contribution < 1.29 is 22.4 Å². The van der Waals surface area contributed by atoms with Gasteiger partial charge >= 0.3 is 0 Å². The molecule has 4 aromatic carbocycles. The average Bonchev–Trinajstić information content (AvgIpc) is 3.84. The highest BCUT2D eigenvalue weighted by molar-refractivity contribution is 7.89. The smallest absolute Gasteiger partial charge is 0.247 e. The van der Waals surface area contributed by atoms with Gasteiger partial charge in [0.15, 0.2) is 0 Å². The van der Waals surface area contributed by atoms with Crippen LogP contribution in [-0.4, -0.2) is 31.2 Å². The van der Waals surface area contributed by atoms with E-state index in [1.54, 1.807) is 66.7 Å². The molecule has 11 heteroatoms. The molecule has 7 nitrogen and oxygen atoms in total. The number of rotatable bonds is 13. The molecule has 0 bridgehead atoms. The minimum absolute atomic E-state index is 0.00248. The van der Waals surface area contributed by atoms with Gasteiger partial charge in [0.25, 0.3) is 0 Å². The van der Waals surface area contributed by atoms with Gasteiger partial charge in [0, 0.05) is 35.6 Å². The number of hydrogen-bond acceptors (Lipinski definition) is 4. The maximum absolute atomic E-state index is 14.0. The summed E-state index contributed by atoms with van der Waals surface area (Å²) in [5.41, 5.74) is 2.69. The molecule has 0 spiro atoms. The Bertz CT molecular complexity index is 1750. The SMILES string of the molecule is O=C(NCc1ccc(Cl)cc1Cl)C(c1ccccc1)N(Cc1ccc(F)cc1)C(=O)CCc1ccc(S(=O)(=O)NC2CC2)cc1. The number of carbonyl (C=O) groups excluding carboxylic acids is 2. The first-order valence-electron chi connectivity index (χ1n) is 14.5. The number of sulfonamides is 1. The highest BCUT2D eigenvalue weighted by atomic mass is 35.5. The second-order valence-electron chi connectivity index (χ2n) is 11.0. The first-order valence-corrected chi connectivity index (χ1v) is 16.7. The quantitative estimate of drug-likeness (QED) is 0.168. The molecular weight excluding hydrogens is 636 g/mol. The van der Waals surface area contributed by atoms with E-state index in [2.05, 4.69) is 10.0 Å². The molecule has 1 fully saturated rings. The van der Waals surface area contributed by atoms with Crippen molar-refractivity contribution in [2.75, 3.05) is 0 Å². The van der Waals surface area contributed by atoms with Gasteiger partial charge in [0.1, 0.15) is 11.9 Å². The molecule has 1 aliphatic carbocycles. The number of hydrogen-bond donors (Lipinski definition) is 2. The summed E-state index contributed by atoms with van der Waals surface area (Å²) in [6.45, 7) is 0.166. The highest BCUT2D eigenvalue weighted by Crippen LogP contribution is 2.27. The van der Waals surface area contributed by atoms with Crippen LogP contribution in [0.25, 0.3) is 0 Å². The molecule has 5 rings (SSSR count). The zero-order chi connectivity index (χ0) is 32.0. The van der Waals surface area contributed by atoms with Gasteiger partial charge in [0.2, 0.25) is 21.8 Å². The van der Waals surface area contributed by atoms with Crippen molar-refractivity contribution in [3.63, 3.8) is 0 Å². The predicted molar refractivity (Wildman–Crippen MR) is 173 cm³/mol. The maximum atomic E-state index is 14.0. The molecule has 234 valence electrons. The summed E-state index contributed by atoms with van der Waals surface area (Å²) in [5.74, 6) is -1.13. The van der Waals surface area contributed by atoms with Crippen LogP contribution < -0.4 is 10.0 Å². The summed E-state index contributed by atoms with van der Waals surface area (Å²) in [4.78, 5) is 29.5. The summed E-state index contributed by atoms with van der Waals surface area (Å²) < 4.78 is 41.5. The molecule has 1 unspecified atom stereocenters. The van der Waals surface area contributed by atoms with Gasteiger partial charge in [0.05, 0.1) is 4.90 Å². The Labute approximate surface area is 272 Å². The van der Waals surface area contributed by atoms with Gasteiger partial charge in [-0.15, -0.1) is 0 Å². The minimum Gasteiger partial charge on any atom is -0.350 e. The zero-order valence-corrected chi connectivity index (χ0v) is 26.6. The number of carbonyl (C=O) groups is 2. The topological polar surface area (TPSA) is 95.6 Å². The van der Waals surface area contributed by atoms with E-state index in [1.807, 2.05) is 6.07 Å². The van der Waals surface area contributed by atoms with Crippen molar-refractivity contribution in [2.24, 2.45) is 0 Å². The second kappa shape index (κ2) is 14.6. The van der Waals surface area contributed by atoms with Gasteiger partial charge in [-0.3, -0.25) is 9.59 Å². The largest absolute Gasteiger partial charge is 0.350 e. The molecule has 1 saturated carbocycles. The molecular formula is C34H32Cl2FN3O4S. The Balaban J connectivity index is 1.38. The summed E-state index contributed by atoms with van der Waals surface area (Å²) in [5, 5.41) is 3.79. The van der Waals surface area contributed by atoms with E-state index in [4.69, 9.17) is 23.2 Å². The van der Waals surface area contributed by atoms with Gasteiger partial charge < -0.3 is 10.2 Å². The van der Waals surface area contributed by atoms with Gasteiger partial charge in [-0.05, 0) is 77.9 Å². The number of benzene rings is 4. The van der Waals surface area contributed by atoms with Crippen molar-refractivity contribution in [1.29, 1.82) is 0 Å². The van der Waals surface area contributed by atoms with Crippen LogP contribution in [0.4, 0.5) is 4.39 Å². The Kier molecular flexibility index (Phi) is 10.6. The average molecular weight is 669 g/mol. The van der Waals surface area contributed by atoms with Crippen LogP contribution >= 0.6 is 23.2 Å². The molecule has 0 aromatic heterocycles. The van der Waals surface area contributed by atoms with Crippen LogP contribution in [0.2, 0.25) is 10.0 Å². The highest BCUT2D eigenvalue weighted by Gasteiger charge is 2.32. The Morgan fingerprint density at radius 2 is 1.56 bits per heavy atom. The lowest BCUT2D eigenvalue weighted by Crippen LogP contribution is -2.43. The van der Waals surface area contributed by atoms with E-state index in [1.165, 1.54) is 29.2 Å². The molecule has 4 aromatic rings. The van der Waals surface area contributed by atoms with Crippen molar-refractivity contribution in [3.05, 3.63) is 135 Å². The molecule has 0 radical (unpaired) electrons. The fourth-order valence-electron chi connectivity index (χ4n) is 4.88. The van der Waals surface area contributed by atoms with Crippen LogP contribution in [0, 0.1) is 5.82 Å². The number of aryl methyl sites for hydroxylation is 1. The van der Waals surface area contributed by atoms with Gasteiger partial charge in [-0.2, -0.15) is 0 Å². The normalized spacial score (nSPS) is 13.7. The molecule has 2 N–H and O–H groups in total. The number of amides is 2. The maximum Gasteiger partial charge on any atom is 0.247 e. The lowest BCUT2D eigenvalue weighted by molar-refractivity contribution is -0.141. The lowest BCUT2D eigenvalue weighted by atomic mass is 10.0. The molecule has 0 saturated heterocycles. The van der Waals surface area contributed by atoms with Crippen LogP contribution in [0.15, 0.2) is 102 Å². The van der Waals surface area contributed by atoms with E-state index in [9.17, 15) is 22.4 Å². The van der Waals surface area contributed by atoms with E-state index < -0.39 is 27.8 Å². The monoisotopic (exact) mass is 667 g/mol. The Morgan fingerprint density at radius 3 is 2.20 bits per heavy atom. The van der Waals surface area contributed by atoms with Crippen LogP contribution in [0.3, 0.4) is 0 Å². The molecule has 45 heavy (non-hydrogen) atoms. The van der Waals surface area contributed by atoms with Crippen molar-refractivity contribution in [3.8, 4) is 0 Å². The third-order valence-corrected chi connectivity index (χ3v) is 9.61. The molecule has 2 amide bonds. The standard InChI is InChI=1S/C34H32Cl2FN3O4S/c35-27-12-11-26(31(36)20-27)21-38-34(42)33(25-4-2-1-3-5-25)40(22-24-6-13-28(37)14-7-24)32(41)19-10-23-8-17-30(18-9-23)45(43,44)39-29-15-16-29/h1-9,11-14,17-18,20,29,33,39H,10,15-16,19,21-22H2,(H,38,42). The summed E-state index contributed by atoms with van der Waals surface area (Å²) in [6.07, 6.45) is 2.04. The first-order chi connectivity index (χ1) is 21.6. The second-order valence-corrected chi connectivity index (χ2v) is 13.5. The van der Waals surface area contributed by atoms with Crippen LogP contribution in [0.5, 0.6) is 0 Å². The van der Waals surface area contributed by atoms with E-state index in [0.717, 1.165) is 18.4 Å². The summed E-state index contributed by atoms with van der Waals surface area (Å²) >= 11 is 12.4. The lowest BCUT2D eigenvalue weighted by Gasteiger charge is -2.32.